The molecular formula is C14H13Cl2N3O3. The van der Waals surface area contributed by atoms with Gasteiger partial charge < -0.3 is 14.8 Å². The van der Waals surface area contributed by atoms with Gasteiger partial charge in [-0.3, -0.25) is 5.32 Å². The Kier molecular flexibility index (Phi) is 5.30. The van der Waals surface area contributed by atoms with Gasteiger partial charge in [-0.1, -0.05) is 23.2 Å². The van der Waals surface area contributed by atoms with Crippen molar-refractivity contribution in [3.05, 3.63) is 40.5 Å². The molecule has 2 aromatic rings. The largest absolute Gasteiger partial charge is 0.495 e. The van der Waals surface area contributed by atoms with E-state index in [1.165, 1.54) is 26.5 Å². The van der Waals surface area contributed by atoms with Crippen LogP contribution in [0.2, 0.25) is 10.0 Å². The van der Waals surface area contributed by atoms with Crippen LogP contribution < -0.4 is 20.1 Å². The van der Waals surface area contributed by atoms with Crippen molar-refractivity contribution in [3.8, 4) is 11.5 Å². The number of nitrogens with zero attached hydrogens (tertiary/aromatic N) is 1. The lowest BCUT2D eigenvalue weighted by molar-refractivity contribution is 0.262. The monoisotopic (exact) mass is 341 g/mol. The minimum absolute atomic E-state index is 0.350. The first-order valence-corrected chi connectivity index (χ1v) is 6.90. The van der Waals surface area contributed by atoms with Crippen LogP contribution in [0.25, 0.3) is 0 Å². The zero-order chi connectivity index (χ0) is 16.1. The molecule has 0 saturated carbocycles. The minimum atomic E-state index is -0.491. The molecule has 116 valence electrons. The molecule has 0 saturated heterocycles. The minimum Gasteiger partial charge on any atom is -0.495 e. The summed E-state index contributed by atoms with van der Waals surface area (Å²) in [5.41, 5.74) is 0.403. The van der Waals surface area contributed by atoms with E-state index in [4.69, 9.17) is 32.7 Å². The fraction of sp³-hybridized carbons (Fsp3) is 0.143. The van der Waals surface area contributed by atoms with Gasteiger partial charge in [0.15, 0.2) is 0 Å². The second-order valence-electron chi connectivity index (χ2n) is 4.13. The Bertz CT molecular complexity index is 678. The van der Waals surface area contributed by atoms with Gasteiger partial charge >= 0.3 is 6.03 Å². The number of hydrogen-bond acceptors (Lipinski definition) is 4. The molecule has 1 heterocycles. The number of aromatic nitrogens is 1. The number of halogens is 2. The lowest BCUT2D eigenvalue weighted by Crippen LogP contribution is -2.20. The maximum absolute atomic E-state index is 12.0. The molecule has 2 amide bonds. The van der Waals surface area contributed by atoms with Crippen LogP contribution in [-0.4, -0.2) is 25.2 Å². The molecule has 0 aliphatic rings. The number of rotatable bonds is 4. The summed E-state index contributed by atoms with van der Waals surface area (Å²) < 4.78 is 10.3. The lowest BCUT2D eigenvalue weighted by Gasteiger charge is -2.13. The van der Waals surface area contributed by atoms with Gasteiger partial charge in [-0.15, -0.1) is 0 Å². The maximum Gasteiger partial charge on any atom is 0.324 e. The van der Waals surface area contributed by atoms with E-state index in [0.717, 1.165) is 0 Å². The van der Waals surface area contributed by atoms with Crippen molar-refractivity contribution in [2.45, 2.75) is 0 Å². The third-order valence-electron chi connectivity index (χ3n) is 2.69. The summed E-state index contributed by atoms with van der Waals surface area (Å²) in [5.74, 6) is 1.23. The molecule has 0 radical (unpaired) electrons. The molecule has 22 heavy (non-hydrogen) atoms. The average Bonchev–Trinajstić information content (AvgIpc) is 2.50. The second-order valence-corrected chi connectivity index (χ2v) is 4.97. The predicted octanol–water partition coefficient (Wildman–Crippen LogP) is 4.05. The Morgan fingerprint density at radius 3 is 2.41 bits per heavy atom. The van der Waals surface area contributed by atoms with Crippen molar-refractivity contribution in [1.29, 1.82) is 0 Å². The van der Waals surface area contributed by atoms with Gasteiger partial charge in [-0.25, -0.2) is 9.78 Å². The number of pyridine rings is 1. The van der Waals surface area contributed by atoms with E-state index in [0.29, 0.717) is 33.0 Å². The highest BCUT2D eigenvalue weighted by molar-refractivity contribution is 6.32. The van der Waals surface area contributed by atoms with Crippen molar-refractivity contribution >= 4 is 40.7 Å². The second kappa shape index (κ2) is 7.20. The quantitative estimate of drug-likeness (QED) is 0.879. The molecular weight excluding hydrogens is 329 g/mol. The molecule has 1 aromatic carbocycles. The fourth-order valence-electron chi connectivity index (χ4n) is 1.68. The van der Waals surface area contributed by atoms with Crippen LogP contribution >= 0.6 is 23.2 Å². The zero-order valence-corrected chi connectivity index (χ0v) is 13.3. The number of carbonyl (C=O) groups excluding carboxylic acids is 1. The fourth-order valence-corrected chi connectivity index (χ4v) is 2.03. The van der Waals surface area contributed by atoms with E-state index in [9.17, 15) is 4.79 Å². The summed E-state index contributed by atoms with van der Waals surface area (Å²) in [5, 5.41) is 6.03. The van der Waals surface area contributed by atoms with E-state index < -0.39 is 6.03 Å². The normalized spacial score (nSPS) is 10.0. The average molecular weight is 342 g/mol. The number of hydrogen-bond donors (Lipinski definition) is 2. The van der Waals surface area contributed by atoms with Crippen molar-refractivity contribution in [2.24, 2.45) is 0 Å². The first kappa shape index (κ1) is 16.2. The van der Waals surface area contributed by atoms with Crippen LogP contribution in [0.15, 0.2) is 30.5 Å². The third-order valence-corrected chi connectivity index (χ3v) is 3.21. The predicted molar refractivity (Wildman–Crippen MR) is 86.4 cm³/mol. The van der Waals surface area contributed by atoms with Gasteiger partial charge in [0.1, 0.15) is 17.3 Å². The Balaban J connectivity index is 2.14. The maximum atomic E-state index is 12.0. The van der Waals surface area contributed by atoms with E-state index >= 15 is 0 Å². The van der Waals surface area contributed by atoms with Gasteiger partial charge in [-0.2, -0.15) is 0 Å². The molecule has 2 rings (SSSR count). The van der Waals surface area contributed by atoms with Crippen molar-refractivity contribution in [1.82, 2.24) is 4.98 Å². The van der Waals surface area contributed by atoms with Crippen molar-refractivity contribution < 1.29 is 14.3 Å². The standard InChI is InChI=1S/C14H13Cl2N3O3/c1-21-11-6-12(22-2)10(5-9(11)16)18-14(20)19-13-4-3-8(15)7-17-13/h3-7H,1-2H3,(H2,17,18,19,20). The number of anilines is 2. The Hall–Kier alpha value is -2.18. The van der Waals surface area contributed by atoms with Crippen LogP contribution in [0.5, 0.6) is 11.5 Å². The molecule has 1 aromatic heterocycles. The van der Waals surface area contributed by atoms with Crippen molar-refractivity contribution in [3.63, 3.8) is 0 Å². The van der Waals surface area contributed by atoms with Crippen LogP contribution in [-0.2, 0) is 0 Å². The van der Waals surface area contributed by atoms with Gasteiger partial charge in [0.05, 0.1) is 30.0 Å². The number of urea groups is 1. The number of nitrogens with one attached hydrogen (secondary N) is 2. The summed E-state index contributed by atoms with van der Waals surface area (Å²) in [6.07, 6.45) is 1.43. The topological polar surface area (TPSA) is 72.5 Å². The van der Waals surface area contributed by atoms with E-state index in [1.807, 2.05) is 0 Å². The first-order valence-electron chi connectivity index (χ1n) is 6.14. The van der Waals surface area contributed by atoms with Gasteiger partial charge in [0.2, 0.25) is 0 Å². The van der Waals surface area contributed by atoms with Crippen LogP contribution in [0.3, 0.4) is 0 Å². The van der Waals surface area contributed by atoms with Crippen molar-refractivity contribution in [2.75, 3.05) is 24.9 Å². The number of amides is 2. The van der Waals surface area contributed by atoms with Crippen LogP contribution in [0, 0.1) is 0 Å². The molecule has 0 aliphatic heterocycles. The highest BCUT2D eigenvalue weighted by Gasteiger charge is 2.12. The highest BCUT2D eigenvalue weighted by Crippen LogP contribution is 2.35. The summed E-state index contributed by atoms with van der Waals surface area (Å²) in [4.78, 5) is 15.9. The van der Waals surface area contributed by atoms with Gasteiger partial charge in [0.25, 0.3) is 0 Å². The van der Waals surface area contributed by atoms with E-state index in [1.54, 1.807) is 18.2 Å². The Morgan fingerprint density at radius 2 is 1.82 bits per heavy atom. The molecule has 0 aliphatic carbocycles. The van der Waals surface area contributed by atoms with E-state index in [2.05, 4.69) is 15.6 Å². The molecule has 8 heteroatoms. The zero-order valence-electron chi connectivity index (χ0n) is 11.8. The van der Waals surface area contributed by atoms with Gasteiger partial charge in [0, 0.05) is 12.3 Å². The third kappa shape index (κ3) is 3.93. The summed E-state index contributed by atoms with van der Waals surface area (Å²) in [6.45, 7) is 0. The van der Waals surface area contributed by atoms with Crippen LogP contribution in [0.4, 0.5) is 16.3 Å². The molecule has 0 atom stereocenters. The number of benzene rings is 1. The summed E-state index contributed by atoms with van der Waals surface area (Å²) in [6, 6.07) is 5.83. The molecule has 6 nitrogen and oxygen atoms in total. The molecule has 0 bridgehead atoms. The van der Waals surface area contributed by atoms with E-state index in [-0.39, 0.29) is 0 Å². The number of methoxy groups -OCH3 is 2. The summed E-state index contributed by atoms with van der Waals surface area (Å²) >= 11 is 11.8. The number of carbonyl (C=O) groups is 1. The van der Waals surface area contributed by atoms with Gasteiger partial charge in [-0.05, 0) is 18.2 Å². The highest BCUT2D eigenvalue weighted by atomic mass is 35.5. The molecule has 0 fully saturated rings. The van der Waals surface area contributed by atoms with Crippen LogP contribution in [0.1, 0.15) is 0 Å². The number of ether oxygens (including phenoxy) is 2. The first-order chi connectivity index (χ1) is 10.5. The molecule has 0 spiro atoms. The summed E-state index contributed by atoms with van der Waals surface area (Å²) in [7, 11) is 2.97. The lowest BCUT2D eigenvalue weighted by atomic mass is 10.2. The Labute approximate surface area is 137 Å². The smallest absolute Gasteiger partial charge is 0.324 e. The molecule has 2 N–H and O–H groups in total. The SMILES string of the molecule is COc1cc(OC)c(NC(=O)Nc2ccc(Cl)cn2)cc1Cl. The Morgan fingerprint density at radius 1 is 1.09 bits per heavy atom. The molecule has 0 unspecified atom stereocenters.